The summed E-state index contributed by atoms with van der Waals surface area (Å²) in [4.78, 5) is 24.6. The van der Waals surface area contributed by atoms with Crippen LogP contribution in [0.5, 0.6) is 0 Å². The number of carboxylic acids is 1. The Kier molecular flexibility index (Phi) is 6.62. The topological polar surface area (TPSA) is 85.3 Å². The second kappa shape index (κ2) is 7.78. The summed E-state index contributed by atoms with van der Waals surface area (Å²) in [6.45, 7) is 9.44. The molecule has 7 nitrogen and oxygen atoms in total. The van der Waals surface area contributed by atoms with E-state index in [0.717, 1.165) is 0 Å². The monoisotopic (exact) mass is 317 g/mol. The van der Waals surface area contributed by atoms with Crippen molar-refractivity contribution in [3.8, 4) is 0 Å². The molecule has 3 atom stereocenters. The maximum Gasteiger partial charge on any atom is 0.412 e. The second-order valence-electron chi connectivity index (χ2n) is 6.49. The van der Waals surface area contributed by atoms with Gasteiger partial charge < -0.3 is 19.3 Å². The number of ether oxygens (including phenoxy) is 3. The van der Waals surface area contributed by atoms with E-state index in [0.29, 0.717) is 19.4 Å². The van der Waals surface area contributed by atoms with Crippen LogP contribution in [0.4, 0.5) is 4.79 Å². The summed E-state index contributed by atoms with van der Waals surface area (Å²) in [5, 5.41) is 8.92. The molecule has 1 unspecified atom stereocenters. The minimum atomic E-state index is -0.995. The highest BCUT2D eigenvalue weighted by atomic mass is 16.6. The van der Waals surface area contributed by atoms with Gasteiger partial charge in [-0.25, -0.2) is 9.59 Å². The molecule has 0 radical (unpaired) electrons. The first kappa shape index (κ1) is 18.7. The predicted molar refractivity (Wildman–Crippen MR) is 79.6 cm³/mol. The number of amides is 1. The number of hydrogen-bond acceptors (Lipinski definition) is 5. The lowest BCUT2D eigenvalue weighted by Gasteiger charge is -2.29. The van der Waals surface area contributed by atoms with Gasteiger partial charge in [0.25, 0.3) is 0 Å². The Bertz CT molecular complexity index is 392. The molecular formula is C15H27NO6. The van der Waals surface area contributed by atoms with Gasteiger partial charge in [-0.3, -0.25) is 4.90 Å². The fraction of sp³-hybridized carbons (Fsp3) is 0.867. The number of hydrogen-bond donors (Lipinski definition) is 1. The molecule has 0 saturated carbocycles. The van der Waals surface area contributed by atoms with Crippen molar-refractivity contribution >= 4 is 12.1 Å². The first-order chi connectivity index (χ1) is 10.1. The van der Waals surface area contributed by atoms with Crippen LogP contribution in [0, 0.1) is 0 Å². The molecule has 1 saturated heterocycles. The third-order valence-electron chi connectivity index (χ3n) is 3.34. The van der Waals surface area contributed by atoms with Crippen LogP contribution < -0.4 is 0 Å². The molecular weight excluding hydrogens is 290 g/mol. The fourth-order valence-corrected chi connectivity index (χ4v) is 2.17. The van der Waals surface area contributed by atoms with Crippen molar-refractivity contribution in [1.29, 1.82) is 0 Å². The summed E-state index contributed by atoms with van der Waals surface area (Å²) in [6, 6.07) is -0.166. The van der Waals surface area contributed by atoms with E-state index in [1.54, 1.807) is 0 Å². The molecule has 1 heterocycles. The summed E-state index contributed by atoms with van der Waals surface area (Å²) in [5.41, 5.74) is -0.567. The van der Waals surface area contributed by atoms with Crippen molar-refractivity contribution in [2.75, 3.05) is 13.3 Å². The van der Waals surface area contributed by atoms with Crippen LogP contribution >= 0.6 is 0 Å². The molecule has 0 bridgehead atoms. The van der Waals surface area contributed by atoms with Crippen LogP contribution in [0.1, 0.15) is 47.5 Å². The second-order valence-corrected chi connectivity index (χ2v) is 6.49. The third kappa shape index (κ3) is 5.81. The van der Waals surface area contributed by atoms with E-state index in [1.165, 1.54) is 11.8 Å². The molecule has 128 valence electrons. The average Bonchev–Trinajstić information content (AvgIpc) is 2.83. The first-order valence-corrected chi connectivity index (χ1v) is 7.59. The van der Waals surface area contributed by atoms with Gasteiger partial charge in [0.1, 0.15) is 12.3 Å². The SMILES string of the molecule is CC[C@H](CC1COCN1C(=O)OC(C)(C)C)O[C@H](C)C(=O)O. The lowest BCUT2D eigenvalue weighted by molar-refractivity contribution is -0.153. The third-order valence-corrected chi connectivity index (χ3v) is 3.34. The summed E-state index contributed by atoms with van der Waals surface area (Å²) in [7, 11) is 0. The van der Waals surface area contributed by atoms with Gasteiger partial charge in [-0.1, -0.05) is 6.92 Å². The van der Waals surface area contributed by atoms with Crippen LogP contribution in [0.15, 0.2) is 0 Å². The zero-order chi connectivity index (χ0) is 16.9. The minimum absolute atomic E-state index is 0.166. The number of aliphatic carboxylic acids is 1. The van der Waals surface area contributed by atoms with Gasteiger partial charge in [0.15, 0.2) is 6.10 Å². The molecule has 7 heteroatoms. The van der Waals surface area contributed by atoms with Crippen LogP contribution in [-0.2, 0) is 19.0 Å². The Morgan fingerprint density at radius 3 is 2.55 bits per heavy atom. The summed E-state index contributed by atoms with van der Waals surface area (Å²) < 4.78 is 16.2. The van der Waals surface area contributed by atoms with Gasteiger partial charge in [-0.15, -0.1) is 0 Å². The minimum Gasteiger partial charge on any atom is -0.479 e. The first-order valence-electron chi connectivity index (χ1n) is 7.59. The Hall–Kier alpha value is -1.34. The number of carbonyl (C=O) groups is 2. The molecule has 0 aromatic heterocycles. The van der Waals surface area contributed by atoms with Crippen LogP contribution in [0.2, 0.25) is 0 Å². The van der Waals surface area contributed by atoms with E-state index in [1.807, 2.05) is 27.7 Å². The standard InChI is InChI=1S/C15H27NO6/c1-6-12(21-10(2)13(17)18)7-11-8-20-9-16(11)14(19)22-15(3,4)5/h10-12H,6-9H2,1-5H3,(H,17,18)/t10-,11?,12-/m1/s1. The van der Waals surface area contributed by atoms with Gasteiger partial charge in [-0.2, -0.15) is 0 Å². The van der Waals surface area contributed by atoms with Crippen LogP contribution in [0.25, 0.3) is 0 Å². The van der Waals surface area contributed by atoms with E-state index in [4.69, 9.17) is 19.3 Å². The lowest BCUT2D eigenvalue weighted by atomic mass is 10.1. The molecule has 1 rings (SSSR count). The maximum absolute atomic E-state index is 12.2. The Morgan fingerprint density at radius 1 is 1.41 bits per heavy atom. The number of rotatable bonds is 6. The highest BCUT2D eigenvalue weighted by Crippen LogP contribution is 2.21. The summed E-state index contributed by atoms with van der Waals surface area (Å²) in [5.74, 6) is -0.995. The number of carboxylic acid groups (broad SMARTS) is 1. The Labute approximate surface area is 131 Å². The van der Waals surface area contributed by atoms with Crippen molar-refractivity contribution in [2.45, 2.75) is 71.3 Å². The molecule has 1 aliphatic heterocycles. The molecule has 0 aromatic carbocycles. The highest BCUT2D eigenvalue weighted by molar-refractivity contribution is 5.71. The van der Waals surface area contributed by atoms with E-state index < -0.39 is 23.8 Å². The molecule has 0 aromatic rings. The smallest absolute Gasteiger partial charge is 0.412 e. The van der Waals surface area contributed by atoms with Gasteiger partial charge in [-0.05, 0) is 40.5 Å². The normalized spacial score (nSPS) is 21.5. The highest BCUT2D eigenvalue weighted by Gasteiger charge is 2.35. The molecule has 22 heavy (non-hydrogen) atoms. The van der Waals surface area contributed by atoms with Crippen molar-refractivity contribution in [2.24, 2.45) is 0 Å². The van der Waals surface area contributed by atoms with Crippen LogP contribution in [0.3, 0.4) is 0 Å². The predicted octanol–water partition coefficient (Wildman–Crippen LogP) is 2.24. The Balaban J connectivity index is 2.61. The summed E-state index contributed by atoms with van der Waals surface area (Å²) >= 11 is 0. The van der Waals surface area contributed by atoms with E-state index in [9.17, 15) is 9.59 Å². The average molecular weight is 317 g/mol. The van der Waals surface area contributed by atoms with Crippen molar-refractivity contribution < 1.29 is 28.9 Å². The molecule has 0 aliphatic carbocycles. The molecule has 1 N–H and O–H groups in total. The van der Waals surface area contributed by atoms with Gasteiger partial charge in [0.2, 0.25) is 0 Å². The zero-order valence-electron chi connectivity index (χ0n) is 14.0. The number of nitrogens with zero attached hydrogens (tertiary/aromatic N) is 1. The molecule has 1 fully saturated rings. The zero-order valence-corrected chi connectivity index (χ0v) is 14.0. The molecule has 0 spiro atoms. The van der Waals surface area contributed by atoms with Crippen LogP contribution in [-0.4, -0.2) is 59.3 Å². The van der Waals surface area contributed by atoms with Crippen molar-refractivity contribution in [3.63, 3.8) is 0 Å². The van der Waals surface area contributed by atoms with E-state index >= 15 is 0 Å². The van der Waals surface area contributed by atoms with E-state index in [2.05, 4.69) is 0 Å². The molecule has 1 aliphatic rings. The molecule has 1 amide bonds. The lowest BCUT2D eigenvalue weighted by Crippen LogP contribution is -2.42. The quantitative estimate of drug-likeness (QED) is 0.808. The number of carbonyl (C=O) groups excluding carboxylic acids is 1. The van der Waals surface area contributed by atoms with Gasteiger partial charge in [0, 0.05) is 0 Å². The fourth-order valence-electron chi connectivity index (χ4n) is 2.17. The largest absolute Gasteiger partial charge is 0.479 e. The Morgan fingerprint density at radius 2 is 2.05 bits per heavy atom. The maximum atomic E-state index is 12.2. The van der Waals surface area contributed by atoms with Gasteiger partial charge in [0.05, 0.1) is 18.8 Å². The van der Waals surface area contributed by atoms with Gasteiger partial charge >= 0.3 is 12.1 Å². The van der Waals surface area contributed by atoms with Crippen molar-refractivity contribution in [1.82, 2.24) is 4.90 Å². The van der Waals surface area contributed by atoms with E-state index in [-0.39, 0.29) is 18.9 Å². The van der Waals surface area contributed by atoms with Crippen molar-refractivity contribution in [3.05, 3.63) is 0 Å². The summed E-state index contributed by atoms with van der Waals surface area (Å²) in [6.07, 6.45) is -0.356.